The minimum atomic E-state index is -3.52. The summed E-state index contributed by atoms with van der Waals surface area (Å²) in [6.07, 6.45) is -0.373. The number of nitrogens with zero attached hydrogens (tertiary/aromatic N) is 3. The lowest BCUT2D eigenvalue weighted by Crippen LogP contribution is -2.47. The highest BCUT2D eigenvalue weighted by atomic mass is 32.2. The van der Waals surface area contributed by atoms with Gasteiger partial charge in [0.15, 0.2) is 0 Å². The van der Waals surface area contributed by atoms with E-state index >= 15 is 0 Å². The van der Waals surface area contributed by atoms with Crippen LogP contribution in [0.2, 0.25) is 0 Å². The normalized spacial score (nSPS) is 21.0. The number of rotatable bonds is 3. The number of hydrogen-bond donors (Lipinski definition) is 1. The Morgan fingerprint density at radius 2 is 1.80 bits per heavy atom. The number of aliphatic hydroxyl groups is 1. The van der Waals surface area contributed by atoms with Gasteiger partial charge in [0, 0.05) is 39.3 Å². The van der Waals surface area contributed by atoms with E-state index in [-0.39, 0.29) is 10.8 Å². The number of sulfonamides is 1. The minimum absolute atomic E-state index is 0.280. The van der Waals surface area contributed by atoms with E-state index < -0.39 is 16.1 Å². The summed E-state index contributed by atoms with van der Waals surface area (Å²) < 4.78 is 27.3. The molecular formula is C17H25N3O4S. The van der Waals surface area contributed by atoms with Gasteiger partial charge in [0.2, 0.25) is 10.0 Å². The SMILES string of the molecule is CC(O)C(=O)N1CCc2ccc(S(=O)(=O)N3CCN(C)CC3)cc2C1. The fourth-order valence-electron chi connectivity index (χ4n) is 3.32. The average Bonchev–Trinajstić information content (AvgIpc) is 2.60. The average molecular weight is 367 g/mol. The molecule has 1 amide bonds. The van der Waals surface area contributed by atoms with Crippen LogP contribution in [0.5, 0.6) is 0 Å². The second-order valence-corrected chi connectivity index (χ2v) is 8.76. The summed E-state index contributed by atoms with van der Waals surface area (Å²) in [6.45, 7) is 4.76. The molecule has 1 aromatic rings. The molecule has 25 heavy (non-hydrogen) atoms. The Balaban J connectivity index is 1.83. The zero-order valence-corrected chi connectivity index (χ0v) is 15.5. The Bertz CT molecular complexity index is 755. The Kier molecular flexibility index (Phi) is 5.15. The van der Waals surface area contributed by atoms with Gasteiger partial charge in [0.1, 0.15) is 6.10 Å². The van der Waals surface area contributed by atoms with Crippen molar-refractivity contribution in [2.75, 3.05) is 39.8 Å². The highest BCUT2D eigenvalue weighted by Gasteiger charge is 2.29. The number of amides is 1. The molecule has 2 aliphatic rings. The number of piperazine rings is 1. The summed E-state index contributed by atoms with van der Waals surface area (Å²) in [6, 6.07) is 5.20. The summed E-state index contributed by atoms with van der Waals surface area (Å²) in [7, 11) is -1.54. The molecule has 0 bridgehead atoms. The van der Waals surface area contributed by atoms with Gasteiger partial charge in [-0.2, -0.15) is 4.31 Å². The molecule has 0 spiro atoms. The monoisotopic (exact) mass is 367 g/mol. The largest absolute Gasteiger partial charge is 0.384 e. The number of benzene rings is 1. The molecule has 0 aliphatic carbocycles. The molecule has 2 heterocycles. The van der Waals surface area contributed by atoms with Gasteiger partial charge in [-0.3, -0.25) is 4.79 Å². The van der Waals surface area contributed by atoms with Gasteiger partial charge >= 0.3 is 0 Å². The first-order chi connectivity index (χ1) is 11.8. The van der Waals surface area contributed by atoms with Gasteiger partial charge in [0.05, 0.1) is 4.90 Å². The lowest BCUT2D eigenvalue weighted by molar-refractivity contribution is -0.140. The van der Waals surface area contributed by atoms with Crippen LogP contribution in [0.15, 0.2) is 23.1 Å². The molecule has 0 saturated carbocycles. The Hall–Kier alpha value is -1.48. The molecular weight excluding hydrogens is 342 g/mol. The Morgan fingerprint density at radius 3 is 2.44 bits per heavy atom. The van der Waals surface area contributed by atoms with Gasteiger partial charge in [-0.25, -0.2) is 8.42 Å². The predicted molar refractivity (Wildman–Crippen MR) is 93.5 cm³/mol. The first kappa shape index (κ1) is 18.3. The summed E-state index contributed by atoms with van der Waals surface area (Å²) in [5, 5.41) is 9.50. The quantitative estimate of drug-likeness (QED) is 0.806. The van der Waals surface area contributed by atoms with E-state index in [1.165, 1.54) is 11.2 Å². The van der Waals surface area contributed by atoms with Crippen LogP contribution in [-0.4, -0.2) is 79.4 Å². The van der Waals surface area contributed by atoms with E-state index in [0.29, 0.717) is 32.6 Å². The first-order valence-corrected chi connectivity index (χ1v) is 10.0. The van der Waals surface area contributed by atoms with Crippen LogP contribution < -0.4 is 0 Å². The van der Waals surface area contributed by atoms with Gasteiger partial charge in [-0.05, 0) is 43.7 Å². The van der Waals surface area contributed by atoms with Crippen LogP contribution in [0.3, 0.4) is 0 Å². The second-order valence-electron chi connectivity index (χ2n) is 6.82. The lowest BCUT2D eigenvalue weighted by Gasteiger charge is -2.32. The number of carbonyl (C=O) groups is 1. The van der Waals surface area contributed by atoms with Crippen molar-refractivity contribution in [2.24, 2.45) is 0 Å². The number of aliphatic hydroxyl groups excluding tert-OH is 1. The number of likely N-dealkylation sites (N-methyl/N-ethyl adjacent to an activating group) is 1. The highest BCUT2D eigenvalue weighted by molar-refractivity contribution is 7.89. The zero-order chi connectivity index (χ0) is 18.2. The fourth-order valence-corrected chi connectivity index (χ4v) is 4.80. The third-order valence-electron chi connectivity index (χ3n) is 4.96. The second kappa shape index (κ2) is 7.03. The van der Waals surface area contributed by atoms with E-state index in [0.717, 1.165) is 24.2 Å². The number of carbonyl (C=O) groups excluding carboxylic acids is 1. The van der Waals surface area contributed by atoms with Crippen molar-refractivity contribution >= 4 is 15.9 Å². The van der Waals surface area contributed by atoms with Gasteiger partial charge in [-0.1, -0.05) is 6.07 Å². The maximum Gasteiger partial charge on any atom is 0.251 e. The first-order valence-electron chi connectivity index (χ1n) is 8.56. The summed E-state index contributed by atoms with van der Waals surface area (Å²) in [5.41, 5.74) is 1.91. The van der Waals surface area contributed by atoms with Gasteiger partial charge in [-0.15, -0.1) is 0 Å². The molecule has 1 unspecified atom stereocenters. The maximum atomic E-state index is 12.9. The molecule has 7 nitrogen and oxygen atoms in total. The standard InChI is InChI=1S/C17H25N3O4S/c1-13(21)17(22)19-6-5-14-3-4-16(11-15(14)12-19)25(23,24)20-9-7-18(2)8-10-20/h3-4,11,13,21H,5-10,12H2,1-2H3. The Morgan fingerprint density at radius 1 is 1.12 bits per heavy atom. The van der Waals surface area contributed by atoms with Crippen molar-refractivity contribution in [1.29, 1.82) is 0 Å². The molecule has 1 aromatic carbocycles. The van der Waals surface area contributed by atoms with Gasteiger partial charge in [0.25, 0.3) is 5.91 Å². The molecule has 138 valence electrons. The molecule has 0 radical (unpaired) electrons. The molecule has 1 atom stereocenters. The van der Waals surface area contributed by atoms with E-state index in [1.807, 2.05) is 13.1 Å². The summed E-state index contributed by atoms with van der Waals surface area (Å²) in [4.78, 5) is 16.0. The van der Waals surface area contributed by atoms with Crippen molar-refractivity contribution in [3.8, 4) is 0 Å². The van der Waals surface area contributed by atoms with Crippen molar-refractivity contribution in [2.45, 2.75) is 30.9 Å². The predicted octanol–water partition coefficient (Wildman–Crippen LogP) is -0.112. The Labute approximate surface area is 148 Å². The van der Waals surface area contributed by atoms with Crippen LogP contribution in [0.25, 0.3) is 0 Å². The van der Waals surface area contributed by atoms with Crippen LogP contribution in [0.4, 0.5) is 0 Å². The third kappa shape index (κ3) is 3.72. The number of fused-ring (bicyclic) bond motifs is 1. The highest BCUT2D eigenvalue weighted by Crippen LogP contribution is 2.25. The van der Waals surface area contributed by atoms with Crippen LogP contribution in [0.1, 0.15) is 18.1 Å². The van der Waals surface area contributed by atoms with E-state index in [1.54, 1.807) is 17.0 Å². The van der Waals surface area contributed by atoms with Crippen LogP contribution in [-0.2, 0) is 27.8 Å². The smallest absolute Gasteiger partial charge is 0.251 e. The van der Waals surface area contributed by atoms with Crippen molar-refractivity contribution < 1.29 is 18.3 Å². The van der Waals surface area contributed by atoms with Crippen molar-refractivity contribution in [1.82, 2.24) is 14.1 Å². The molecule has 3 rings (SSSR count). The molecule has 8 heteroatoms. The third-order valence-corrected chi connectivity index (χ3v) is 6.85. The zero-order valence-electron chi connectivity index (χ0n) is 14.7. The van der Waals surface area contributed by atoms with Crippen LogP contribution >= 0.6 is 0 Å². The van der Waals surface area contributed by atoms with Gasteiger partial charge < -0.3 is 14.9 Å². The van der Waals surface area contributed by atoms with E-state index in [2.05, 4.69) is 4.90 Å². The number of hydrogen-bond acceptors (Lipinski definition) is 5. The van der Waals surface area contributed by atoms with E-state index in [4.69, 9.17) is 0 Å². The maximum absolute atomic E-state index is 12.9. The van der Waals surface area contributed by atoms with E-state index in [9.17, 15) is 18.3 Å². The summed E-state index contributed by atoms with van der Waals surface area (Å²) >= 11 is 0. The molecule has 0 aromatic heterocycles. The minimum Gasteiger partial charge on any atom is -0.384 e. The molecule has 2 aliphatic heterocycles. The molecule has 1 fully saturated rings. The molecule has 1 saturated heterocycles. The van der Waals surface area contributed by atoms with Crippen molar-refractivity contribution in [3.05, 3.63) is 29.3 Å². The van der Waals surface area contributed by atoms with Crippen LogP contribution in [0, 0.1) is 0 Å². The summed E-state index contributed by atoms with van der Waals surface area (Å²) in [5.74, 6) is -0.321. The van der Waals surface area contributed by atoms with Crippen molar-refractivity contribution in [3.63, 3.8) is 0 Å². The fraction of sp³-hybridized carbons (Fsp3) is 0.588. The molecule has 1 N–H and O–H groups in total. The lowest BCUT2D eigenvalue weighted by atomic mass is 9.99. The topological polar surface area (TPSA) is 81.2 Å².